The smallest absolute Gasteiger partial charge is 0.258 e. The number of likely N-dealkylation sites (tertiary alicyclic amines) is 1. The summed E-state index contributed by atoms with van der Waals surface area (Å²) in [4.78, 5) is 26.4. The van der Waals surface area contributed by atoms with Crippen molar-refractivity contribution in [1.82, 2.24) is 10.2 Å². The number of carbonyl (C=O) groups excluding carboxylic acids is 2. The number of amides is 2. The number of hydrogen-bond acceptors (Lipinski definition) is 5. The zero-order valence-corrected chi connectivity index (χ0v) is 16.0. The number of hydrogen-bond donors (Lipinski definition) is 2. The fourth-order valence-corrected chi connectivity index (χ4v) is 3.19. The summed E-state index contributed by atoms with van der Waals surface area (Å²) in [5, 5.41) is 2.76. The van der Waals surface area contributed by atoms with Crippen LogP contribution in [0.2, 0.25) is 0 Å². The second-order valence-corrected chi connectivity index (χ2v) is 7.02. The number of nitrogens with two attached hydrogens (primary N) is 1. The molecule has 2 amide bonds. The van der Waals surface area contributed by atoms with Crippen molar-refractivity contribution in [1.29, 1.82) is 0 Å². The van der Waals surface area contributed by atoms with Crippen molar-refractivity contribution in [3.05, 3.63) is 23.8 Å². The van der Waals surface area contributed by atoms with Gasteiger partial charge >= 0.3 is 0 Å². The Balaban J connectivity index is 2.08. The van der Waals surface area contributed by atoms with Gasteiger partial charge in [-0.05, 0) is 57.9 Å². The summed E-state index contributed by atoms with van der Waals surface area (Å²) >= 11 is 0. The van der Waals surface area contributed by atoms with E-state index in [0.717, 1.165) is 6.42 Å². The molecule has 1 aromatic rings. The van der Waals surface area contributed by atoms with E-state index >= 15 is 0 Å². The topological polar surface area (TPSA) is 93.9 Å². The molecule has 7 heteroatoms. The summed E-state index contributed by atoms with van der Waals surface area (Å²) in [6.45, 7) is 6.95. The van der Waals surface area contributed by atoms with Gasteiger partial charge in [0.15, 0.2) is 18.1 Å². The molecule has 0 spiro atoms. The minimum atomic E-state index is -0.207. The highest BCUT2D eigenvalue weighted by molar-refractivity contribution is 5.95. The van der Waals surface area contributed by atoms with Crippen LogP contribution in [0.5, 0.6) is 11.5 Å². The molecule has 1 aliphatic rings. The van der Waals surface area contributed by atoms with Crippen LogP contribution in [0.15, 0.2) is 18.2 Å². The molecule has 0 saturated carbocycles. The predicted octanol–water partition coefficient (Wildman–Crippen LogP) is 1.41. The van der Waals surface area contributed by atoms with E-state index in [4.69, 9.17) is 15.2 Å². The van der Waals surface area contributed by atoms with E-state index in [1.165, 1.54) is 7.11 Å². The molecular weight excluding hydrogens is 334 g/mol. The van der Waals surface area contributed by atoms with Crippen LogP contribution in [0, 0.1) is 5.92 Å². The van der Waals surface area contributed by atoms with E-state index in [1.54, 1.807) is 18.2 Å². The normalized spacial score (nSPS) is 19.5. The van der Waals surface area contributed by atoms with E-state index in [-0.39, 0.29) is 30.5 Å². The molecular formula is C19H29N3O4. The number of carbonyl (C=O) groups is 2. The highest BCUT2D eigenvalue weighted by Crippen LogP contribution is 2.30. The molecule has 144 valence electrons. The zero-order valence-electron chi connectivity index (χ0n) is 16.0. The third-order valence-electron chi connectivity index (χ3n) is 4.47. The van der Waals surface area contributed by atoms with Crippen LogP contribution in [-0.2, 0) is 4.79 Å². The molecule has 1 heterocycles. The minimum Gasteiger partial charge on any atom is -0.493 e. The molecule has 1 fully saturated rings. The lowest BCUT2D eigenvalue weighted by Gasteiger charge is -2.22. The van der Waals surface area contributed by atoms with Crippen LogP contribution in [0.25, 0.3) is 0 Å². The van der Waals surface area contributed by atoms with Crippen molar-refractivity contribution in [2.75, 3.05) is 26.8 Å². The Labute approximate surface area is 154 Å². The maximum Gasteiger partial charge on any atom is 0.258 e. The lowest BCUT2D eigenvalue weighted by Crippen LogP contribution is -2.34. The molecule has 7 nitrogen and oxygen atoms in total. The first-order chi connectivity index (χ1) is 12.3. The largest absolute Gasteiger partial charge is 0.493 e. The average Bonchev–Trinajstić information content (AvgIpc) is 2.99. The fraction of sp³-hybridized carbons (Fsp3) is 0.579. The van der Waals surface area contributed by atoms with Crippen LogP contribution in [-0.4, -0.2) is 55.6 Å². The molecule has 0 aromatic heterocycles. The lowest BCUT2D eigenvalue weighted by atomic mass is 10.1. The standard InChI is InChI=1S/C19H29N3O4/c1-12(2)21-18(23)11-26-16-6-5-15(8-17(16)25-4)19(24)22-10-14(9-20)7-13(22)3/h5-6,8,12-14H,7,9-11,20H2,1-4H3,(H,21,23). The number of benzene rings is 1. The second-order valence-electron chi connectivity index (χ2n) is 7.02. The van der Waals surface area contributed by atoms with E-state index in [9.17, 15) is 9.59 Å². The molecule has 2 rings (SSSR count). The maximum atomic E-state index is 12.8. The van der Waals surface area contributed by atoms with Gasteiger partial charge in [-0.25, -0.2) is 0 Å². The van der Waals surface area contributed by atoms with E-state index in [2.05, 4.69) is 5.32 Å². The van der Waals surface area contributed by atoms with Gasteiger partial charge in [-0.15, -0.1) is 0 Å². The number of ether oxygens (including phenoxy) is 2. The first kappa shape index (κ1) is 20.0. The van der Waals surface area contributed by atoms with Gasteiger partial charge in [-0.2, -0.15) is 0 Å². The van der Waals surface area contributed by atoms with Gasteiger partial charge in [-0.1, -0.05) is 0 Å². The Morgan fingerprint density at radius 2 is 2.08 bits per heavy atom. The Bertz CT molecular complexity index is 648. The zero-order chi connectivity index (χ0) is 19.3. The Morgan fingerprint density at radius 3 is 2.65 bits per heavy atom. The van der Waals surface area contributed by atoms with Crippen molar-refractivity contribution in [3.63, 3.8) is 0 Å². The van der Waals surface area contributed by atoms with Crippen LogP contribution in [0.1, 0.15) is 37.6 Å². The van der Waals surface area contributed by atoms with E-state index < -0.39 is 0 Å². The third kappa shape index (κ3) is 4.88. The summed E-state index contributed by atoms with van der Waals surface area (Å²) in [6.07, 6.45) is 0.922. The Morgan fingerprint density at radius 1 is 1.35 bits per heavy atom. The quantitative estimate of drug-likeness (QED) is 0.764. The summed E-state index contributed by atoms with van der Waals surface area (Å²) in [5.41, 5.74) is 6.28. The van der Waals surface area contributed by atoms with Crippen molar-refractivity contribution in [2.24, 2.45) is 11.7 Å². The van der Waals surface area contributed by atoms with Crippen molar-refractivity contribution in [2.45, 2.75) is 39.3 Å². The number of nitrogens with one attached hydrogen (secondary N) is 1. The molecule has 1 aromatic carbocycles. The summed E-state index contributed by atoms with van der Waals surface area (Å²) in [7, 11) is 1.51. The monoisotopic (exact) mass is 363 g/mol. The van der Waals surface area contributed by atoms with Gasteiger partial charge in [-0.3, -0.25) is 9.59 Å². The summed E-state index contributed by atoms with van der Waals surface area (Å²) < 4.78 is 10.9. The highest BCUT2D eigenvalue weighted by atomic mass is 16.5. The van der Waals surface area contributed by atoms with E-state index in [0.29, 0.717) is 36.1 Å². The van der Waals surface area contributed by atoms with Crippen LogP contribution >= 0.6 is 0 Å². The van der Waals surface area contributed by atoms with Gasteiger partial charge in [0, 0.05) is 24.2 Å². The van der Waals surface area contributed by atoms with Crippen LogP contribution in [0.3, 0.4) is 0 Å². The van der Waals surface area contributed by atoms with Crippen molar-refractivity contribution in [3.8, 4) is 11.5 Å². The third-order valence-corrected chi connectivity index (χ3v) is 4.47. The SMILES string of the molecule is COc1cc(C(=O)N2CC(CN)CC2C)ccc1OCC(=O)NC(C)C. The van der Waals surface area contributed by atoms with Crippen LogP contribution in [0.4, 0.5) is 0 Å². The van der Waals surface area contributed by atoms with Crippen molar-refractivity contribution < 1.29 is 19.1 Å². The molecule has 2 unspecified atom stereocenters. The van der Waals surface area contributed by atoms with Crippen molar-refractivity contribution >= 4 is 11.8 Å². The van der Waals surface area contributed by atoms with Gasteiger partial charge in [0.25, 0.3) is 11.8 Å². The molecule has 0 bridgehead atoms. The predicted molar refractivity (Wildman–Crippen MR) is 99.4 cm³/mol. The number of nitrogens with zero attached hydrogens (tertiary/aromatic N) is 1. The molecule has 1 aliphatic heterocycles. The first-order valence-electron chi connectivity index (χ1n) is 8.97. The van der Waals surface area contributed by atoms with Gasteiger partial charge in [0.2, 0.25) is 0 Å². The maximum absolute atomic E-state index is 12.8. The summed E-state index contributed by atoms with van der Waals surface area (Å²) in [6, 6.07) is 5.23. The molecule has 3 N–H and O–H groups in total. The second kappa shape index (κ2) is 8.89. The Hall–Kier alpha value is -2.28. The van der Waals surface area contributed by atoms with Gasteiger partial charge in [0.1, 0.15) is 0 Å². The molecule has 26 heavy (non-hydrogen) atoms. The molecule has 0 aliphatic carbocycles. The lowest BCUT2D eigenvalue weighted by molar-refractivity contribution is -0.123. The molecule has 1 saturated heterocycles. The van der Waals surface area contributed by atoms with E-state index in [1.807, 2.05) is 25.7 Å². The number of rotatable bonds is 7. The van der Waals surface area contributed by atoms with Gasteiger partial charge in [0.05, 0.1) is 7.11 Å². The fourth-order valence-electron chi connectivity index (χ4n) is 3.19. The summed E-state index contributed by atoms with van der Waals surface area (Å²) in [5.74, 6) is 0.947. The average molecular weight is 363 g/mol. The molecule has 0 radical (unpaired) electrons. The minimum absolute atomic E-state index is 0.0455. The Kier molecular flexibility index (Phi) is 6.85. The highest BCUT2D eigenvalue weighted by Gasteiger charge is 2.32. The van der Waals surface area contributed by atoms with Gasteiger partial charge < -0.3 is 25.4 Å². The van der Waals surface area contributed by atoms with Crippen LogP contribution < -0.4 is 20.5 Å². The number of methoxy groups -OCH3 is 1. The molecule has 2 atom stereocenters. The first-order valence-corrected chi connectivity index (χ1v) is 8.97.